The maximum absolute atomic E-state index is 13.1. The van der Waals surface area contributed by atoms with Crippen LogP contribution in [0.1, 0.15) is 69.6 Å². The molecule has 0 amide bonds. The zero-order valence-corrected chi connectivity index (χ0v) is 18.1. The van der Waals surface area contributed by atoms with Crippen LogP contribution in [0.5, 0.6) is 0 Å². The van der Waals surface area contributed by atoms with Gasteiger partial charge in [0.25, 0.3) is 15.9 Å². The molecule has 1 aliphatic heterocycles. The van der Waals surface area contributed by atoms with Gasteiger partial charge in [0.15, 0.2) is 0 Å². The minimum Gasteiger partial charge on any atom is -0.451 e. The van der Waals surface area contributed by atoms with Crippen molar-refractivity contribution in [3.05, 3.63) is 18.2 Å². The highest BCUT2D eigenvalue weighted by atomic mass is 32.2. The van der Waals surface area contributed by atoms with Crippen LogP contribution in [-0.2, 0) is 10.0 Å². The maximum Gasteiger partial charge on any atom is 0.276 e. The molecule has 0 aromatic carbocycles. The van der Waals surface area contributed by atoms with E-state index in [0.29, 0.717) is 42.4 Å². The van der Waals surface area contributed by atoms with Crippen LogP contribution in [0.15, 0.2) is 26.3 Å². The molecule has 0 bridgehead atoms. The van der Waals surface area contributed by atoms with Crippen LogP contribution in [0, 0.1) is 0 Å². The van der Waals surface area contributed by atoms with Gasteiger partial charge in [-0.3, -0.25) is 4.90 Å². The molecular weight excluding hydrogens is 404 g/mol. The monoisotopic (exact) mass is 434 g/mol. The van der Waals surface area contributed by atoms with Crippen molar-refractivity contribution in [2.24, 2.45) is 0 Å². The Balaban J connectivity index is 1.25. The summed E-state index contributed by atoms with van der Waals surface area (Å²) >= 11 is 0. The summed E-state index contributed by atoms with van der Waals surface area (Å²) in [5.41, 5.74) is 0.520. The molecule has 0 radical (unpaired) electrons. The molecule has 1 saturated heterocycles. The van der Waals surface area contributed by atoms with E-state index in [4.69, 9.17) is 8.83 Å². The number of rotatable bonds is 5. The highest BCUT2D eigenvalue weighted by Crippen LogP contribution is 2.35. The molecule has 0 atom stereocenters. The van der Waals surface area contributed by atoms with E-state index in [1.165, 1.54) is 61.6 Å². The Morgan fingerprint density at radius 3 is 2.33 bits per heavy atom. The fraction of sp³-hybridized carbons (Fsp3) is 0.714. The SMILES string of the molecule is O=S(=O)(c1cc(-c2nnc(C3CCCC3)o2)co1)N1CCN(C2CCCCC2)CC1. The summed E-state index contributed by atoms with van der Waals surface area (Å²) in [4.78, 5) is 2.46. The van der Waals surface area contributed by atoms with Crippen LogP contribution < -0.4 is 0 Å². The van der Waals surface area contributed by atoms with Gasteiger partial charge < -0.3 is 8.83 Å². The van der Waals surface area contributed by atoms with Crippen molar-refractivity contribution in [2.75, 3.05) is 26.2 Å². The van der Waals surface area contributed by atoms with Crippen LogP contribution in [0.2, 0.25) is 0 Å². The summed E-state index contributed by atoms with van der Waals surface area (Å²) in [6, 6.07) is 2.12. The number of piperazine rings is 1. The molecule has 164 valence electrons. The number of furan rings is 1. The molecule has 9 heteroatoms. The molecule has 2 aromatic heterocycles. The topological polar surface area (TPSA) is 92.7 Å². The lowest BCUT2D eigenvalue weighted by molar-refractivity contribution is 0.110. The second-order valence-corrected chi connectivity index (χ2v) is 10.7. The third-order valence-corrected chi connectivity index (χ3v) is 8.69. The van der Waals surface area contributed by atoms with Gasteiger partial charge >= 0.3 is 0 Å². The van der Waals surface area contributed by atoms with Gasteiger partial charge in [-0.15, -0.1) is 10.2 Å². The zero-order valence-electron chi connectivity index (χ0n) is 17.3. The summed E-state index contributed by atoms with van der Waals surface area (Å²) < 4.78 is 38.9. The van der Waals surface area contributed by atoms with E-state index in [9.17, 15) is 8.42 Å². The standard InChI is InChI=1S/C21H30N4O4S/c26-30(27,25-12-10-24(11-13-25)18-8-2-1-3-9-18)19-14-17(15-28-19)21-23-22-20(29-21)16-6-4-5-7-16/h14-16,18H,1-13H2. The van der Waals surface area contributed by atoms with Gasteiger partial charge in [-0.05, 0) is 25.7 Å². The lowest BCUT2D eigenvalue weighted by atomic mass is 9.94. The average molecular weight is 435 g/mol. The van der Waals surface area contributed by atoms with E-state index < -0.39 is 10.0 Å². The first-order chi connectivity index (χ1) is 14.6. The fourth-order valence-electron chi connectivity index (χ4n) is 5.14. The van der Waals surface area contributed by atoms with E-state index in [2.05, 4.69) is 15.1 Å². The Labute approximate surface area is 177 Å². The number of hydrogen-bond acceptors (Lipinski definition) is 7. The van der Waals surface area contributed by atoms with Crippen molar-refractivity contribution in [3.8, 4) is 11.5 Å². The molecule has 3 aliphatic rings. The Morgan fingerprint density at radius 1 is 0.900 bits per heavy atom. The van der Waals surface area contributed by atoms with Gasteiger partial charge in [-0.25, -0.2) is 8.42 Å². The lowest BCUT2D eigenvalue weighted by Crippen LogP contribution is -2.52. The van der Waals surface area contributed by atoms with Crippen molar-refractivity contribution in [2.45, 2.75) is 74.8 Å². The van der Waals surface area contributed by atoms with Crippen molar-refractivity contribution in [3.63, 3.8) is 0 Å². The second-order valence-electron chi connectivity index (χ2n) is 8.81. The van der Waals surface area contributed by atoms with Gasteiger partial charge in [0, 0.05) is 44.2 Å². The predicted octanol–water partition coefficient (Wildman–Crippen LogP) is 3.63. The molecule has 8 nitrogen and oxygen atoms in total. The van der Waals surface area contributed by atoms with Gasteiger partial charge in [-0.1, -0.05) is 32.1 Å². The first kappa shape index (κ1) is 20.2. The van der Waals surface area contributed by atoms with Crippen LogP contribution in [0.4, 0.5) is 0 Å². The second kappa shape index (κ2) is 8.43. The van der Waals surface area contributed by atoms with Crippen LogP contribution in [-0.4, -0.2) is 60.0 Å². The number of hydrogen-bond donors (Lipinski definition) is 0. The molecule has 0 spiro atoms. The van der Waals surface area contributed by atoms with E-state index in [1.807, 2.05) is 0 Å². The fourth-order valence-corrected chi connectivity index (χ4v) is 6.48. The highest BCUT2D eigenvalue weighted by Gasteiger charge is 2.34. The Kier molecular flexibility index (Phi) is 5.68. The normalized spacial score (nSPS) is 23.3. The van der Waals surface area contributed by atoms with Gasteiger partial charge in [0.1, 0.15) is 6.26 Å². The van der Waals surface area contributed by atoms with Crippen LogP contribution in [0.3, 0.4) is 0 Å². The predicted molar refractivity (Wildman–Crippen MR) is 110 cm³/mol. The summed E-state index contributed by atoms with van der Waals surface area (Å²) in [5.74, 6) is 1.29. The Bertz CT molecular complexity index is 949. The Morgan fingerprint density at radius 2 is 1.60 bits per heavy atom. The maximum atomic E-state index is 13.1. The number of aromatic nitrogens is 2. The largest absolute Gasteiger partial charge is 0.451 e. The molecule has 2 aliphatic carbocycles. The average Bonchev–Trinajstić information content (AvgIpc) is 3.55. The minimum absolute atomic E-state index is 0.0516. The molecular formula is C21H30N4O4S. The molecule has 3 heterocycles. The number of nitrogens with zero attached hydrogens (tertiary/aromatic N) is 4. The van der Waals surface area contributed by atoms with Crippen molar-refractivity contribution in [1.82, 2.24) is 19.4 Å². The van der Waals surface area contributed by atoms with Crippen molar-refractivity contribution in [1.29, 1.82) is 0 Å². The van der Waals surface area contributed by atoms with E-state index in [1.54, 1.807) is 0 Å². The van der Waals surface area contributed by atoms with Crippen molar-refractivity contribution < 1.29 is 17.3 Å². The third-order valence-electron chi connectivity index (χ3n) is 6.93. The molecule has 30 heavy (non-hydrogen) atoms. The molecule has 0 unspecified atom stereocenters. The molecule has 3 fully saturated rings. The molecule has 0 N–H and O–H groups in total. The Hall–Kier alpha value is -1.71. The van der Waals surface area contributed by atoms with E-state index in [0.717, 1.165) is 25.9 Å². The van der Waals surface area contributed by atoms with Gasteiger partial charge in [0.2, 0.25) is 11.0 Å². The highest BCUT2D eigenvalue weighted by molar-refractivity contribution is 7.89. The zero-order chi connectivity index (χ0) is 20.6. The minimum atomic E-state index is -3.66. The van der Waals surface area contributed by atoms with E-state index in [-0.39, 0.29) is 5.09 Å². The van der Waals surface area contributed by atoms with Crippen LogP contribution >= 0.6 is 0 Å². The number of sulfonamides is 1. The molecule has 5 rings (SSSR count). The summed E-state index contributed by atoms with van der Waals surface area (Å²) in [6.45, 7) is 2.57. The van der Waals surface area contributed by atoms with Crippen LogP contribution in [0.25, 0.3) is 11.5 Å². The van der Waals surface area contributed by atoms with Crippen molar-refractivity contribution >= 4 is 10.0 Å². The summed E-state index contributed by atoms with van der Waals surface area (Å²) in [7, 11) is -3.66. The van der Waals surface area contributed by atoms with Gasteiger partial charge in [-0.2, -0.15) is 4.31 Å². The molecule has 2 aromatic rings. The van der Waals surface area contributed by atoms with E-state index >= 15 is 0 Å². The summed E-state index contributed by atoms with van der Waals surface area (Å²) in [5, 5.41) is 8.22. The van der Waals surface area contributed by atoms with Gasteiger partial charge in [0.05, 0.1) is 5.56 Å². The third kappa shape index (κ3) is 3.94. The summed E-state index contributed by atoms with van der Waals surface area (Å²) in [6.07, 6.45) is 12.3. The smallest absolute Gasteiger partial charge is 0.276 e. The first-order valence-corrected chi connectivity index (χ1v) is 12.7. The molecule has 2 saturated carbocycles. The first-order valence-electron chi connectivity index (χ1n) is 11.3. The lowest BCUT2D eigenvalue weighted by Gasteiger charge is -2.39. The quantitative estimate of drug-likeness (QED) is 0.709.